The number of fused-ring (bicyclic) bond motifs is 3. The number of amides is 2. The fraction of sp³-hybridized carbons (Fsp3) is 0.486. The average molecular weight is 1210 g/mol. The predicted octanol–water partition coefficient (Wildman–Crippen LogP) is 15.3. The summed E-state index contributed by atoms with van der Waals surface area (Å²) in [5.41, 5.74) is 7.30. The summed E-state index contributed by atoms with van der Waals surface area (Å²) in [6.07, 6.45) is 20.0. The summed E-state index contributed by atoms with van der Waals surface area (Å²) < 4.78 is 9.50. The van der Waals surface area contributed by atoms with E-state index in [4.69, 9.17) is 22.1 Å². The SMILES string of the molecule is CCN(C(C)C)C(C)C.COC(=O)[C@@H](CC1CCCCC1)NC(=O)c1ccc2ccccc2c1.COC(=O)[C@H](N)CC1CCCCC1.Cl.O=C(Cl)c1ccc2ccccc2c1.O=C(N[C@H](CC1CCCCC1)C(=O)O)c1ccc2ccccc2c1. The molecular weight excluding hydrogens is 1110 g/mol. The quantitative estimate of drug-likeness (QED) is 0.0501. The van der Waals surface area contributed by atoms with Crippen LogP contribution in [-0.2, 0) is 23.9 Å². The number of hydrogen-bond donors (Lipinski definition) is 4. The number of ether oxygens (including phenoxy) is 2. The van der Waals surface area contributed by atoms with Gasteiger partial charge >= 0.3 is 17.9 Å². The first-order chi connectivity index (χ1) is 40.4. The fourth-order valence-corrected chi connectivity index (χ4v) is 12.0. The molecule has 6 aromatic rings. The van der Waals surface area contributed by atoms with E-state index in [1.807, 2.05) is 103 Å². The number of hydrogen-bond acceptors (Lipinski definition) is 10. The van der Waals surface area contributed by atoms with Gasteiger partial charge in [0.15, 0.2) is 0 Å². The van der Waals surface area contributed by atoms with E-state index in [1.54, 1.807) is 24.3 Å². The minimum absolute atomic E-state index is 0. The maximum absolute atomic E-state index is 12.6. The summed E-state index contributed by atoms with van der Waals surface area (Å²) in [6.45, 7) is 12.3. The molecule has 3 fully saturated rings. The Hall–Kier alpha value is -6.38. The Morgan fingerprint density at radius 1 is 0.506 bits per heavy atom. The van der Waals surface area contributed by atoms with Gasteiger partial charge in [-0.15, -0.1) is 12.4 Å². The number of aliphatic carboxylic acids is 1. The van der Waals surface area contributed by atoms with E-state index in [2.05, 4.69) is 54.9 Å². The lowest BCUT2D eigenvalue weighted by Crippen LogP contribution is -2.43. The molecule has 0 spiro atoms. The molecule has 9 rings (SSSR count). The third-order valence-electron chi connectivity index (χ3n) is 16.5. The second kappa shape index (κ2) is 37.9. The lowest BCUT2D eigenvalue weighted by atomic mass is 9.84. The van der Waals surface area contributed by atoms with Gasteiger partial charge in [-0.3, -0.25) is 24.1 Å². The molecule has 0 bridgehead atoms. The van der Waals surface area contributed by atoms with Gasteiger partial charge < -0.3 is 30.9 Å². The Bertz CT molecular complexity index is 3020. The molecule has 5 N–H and O–H groups in total. The van der Waals surface area contributed by atoms with Gasteiger partial charge in [-0.05, 0) is 152 Å². The van der Waals surface area contributed by atoms with Crippen LogP contribution < -0.4 is 16.4 Å². The lowest BCUT2D eigenvalue weighted by Gasteiger charge is -2.28. The van der Waals surface area contributed by atoms with E-state index in [-0.39, 0.29) is 36.2 Å². The molecule has 3 saturated carbocycles. The molecule has 15 heteroatoms. The van der Waals surface area contributed by atoms with Gasteiger partial charge in [0, 0.05) is 28.8 Å². The van der Waals surface area contributed by atoms with Crippen LogP contribution in [0.4, 0.5) is 0 Å². The smallest absolute Gasteiger partial charge is 0.328 e. The number of nitrogens with zero attached hydrogens (tertiary/aromatic N) is 1. The minimum atomic E-state index is -0.949. The first kappa shape index (κ1) is 71.1. The highest BCUT2D eigenvalue weighted by Crippen LogP contribution is 2.30. The molecule has 0 heterocycles. The number of nitrogens with one attached hydrogen (secondary N) is 2. The van der Waals surface area contributed by atoms with Crippen molar-refractivity contribution in [1.82, 2.24) is 15.5 Å². The van der Waals surface area contributed by atoms with Crippen molar-refractivity contribution in [1.29, 1.82) is 0 Å². The molecule has 462 valence electrons. The Labute approximate surface area is 516 Å². The molecule has 6 aromatic carbocycles. The Morgan fingerprint density at radius 3 is 1.16 bits per heavy atom. The lowest BCUT2D eigenvalue weighted by molar-refractivity contribution is -0.144. The van der Waals surface area contributed by atoms with Gasteiger partial charge in [0.25, 0.3) is 17.1 Å². The van der Waals surface area contributed by atoms with Gasteiger partial charge in [-0.2, -0.15) is 0 Å². The fourth-order valence-electron chi connectivity index (χ4n) is 11.9. The Kier molecular flexibility index (Phi) is 31.7. The van der Waals surface area contributed by atoms with Crippen molar-refractivity contribution in [2.24, 2.45) is 23.5 Å². The van der Waals surface area contributed by atoms with Crippen LogP contribution in [0.3, 0.4) is 0 Å². The number of methoxy groups -OCH3 is 2. The zero-order valence-corrected chi connectivity index (χ0v) is 52.8. The number of halogens is 2. The zero-order valence-electron chi connectivity index (χ0n) is 51.2. The van der Waals surface area contributed by atoms with E-state index in [0.29, 0.717) is 59.4 Å². The zero-order chi connectivity index (χ0) is 61.0. The van der Waals surface area contributed by atoms with Gasteiger partial charge in [0.05, 0.1) is 14.2 Å². The van der Waals surface area contributed by atoms with E-state index in [0.717, 1.165) is 83.8 Å². The molecule has 0 unspecified atom stereocenters. The topological polar surface area (TPSA) is 194 Å². The highest BCUT2D eigenvalue weighted by atomic mass is 35.5. The number of esters is 2. The van der Waals surface area contributed by atoms with Crippen molar-refractivity contribution in [3.8, 4) is 0 Å². The third-order valence-corrected chi connectivity index (χ3v) is 16.7. The number of rotatable bonds is 17. The van der Waals surface area contributed by atoms with Gasteiger partial charge in [0.1, 0.15) is 18.1 Å². The van der Waals surface area contributed by atoms with Gasteiger partial charge in [-0.1, -0.05) is 194 Å². The minimum Gasteiger partial charge on any atom is -0.480 e. The van der Waals surface area contributed by atoms with Crippen LogP contribution in [0.1, 0.15) is 181 Å². The van der Waals surface area contributed by atoms with Gasteiger partial charge in [0.2, 0.25) is 0 Å². The second-order valence-electron chi connectivity index (χ2n) is 23.2. The van der Waals surface area contributed by atoms with Crippen LogP contribution in [-0.4, -0.2) is 95.9 Å². The molecule has 0 aliphatic heterocycles. The summed E-state index contributed by atoms with van der Waals surface area (Å²) in [7, 11) is 2.77. The monoisotopic (exact) mass is 1200 g/mol. The van der Waals surface area contributed by atoms with E-state index in [1.165, 1.54) is 72.0 Å². The predicted molar refractivity (Wildman–Crippen MR) is 348 cm³/mol. The first-order valence-electron chi connectivity index (χ1n) is 30.6. The molecule has 85 heavy (non-hydrogen) atoms. The Morgan fingerprint density at radius 2 is 0.835 bits per heavy atom. The van der Waals surface area contributed by atoms with E-state index in [9.17, 15) is 33.9 Å². The molecule has 3 aliphatic rings. The van der Waals surface area contributed by atoms with Gasteiger partial charge in [-0.25, -0.2) is 9.59 Å². The summed E-state index contributed by atoms with van der Waals surface area (Å²) in [5, 5.41) is 20.9. The van der Waals surface area contributed by atoms with Crippen LogP contribution in [0.5, 0.6) is 0 Å². The first-order valence-corrected chi connectivity index (χ1v) is 31.0. The molecule has 2 amide bonds. The molecule has 13 nitrogen and oxygen atoms in total. The van der Waals surface area contributed by atoms with Crippen LogP contribution in [0.2, 0.25) is 0 Å². The number of carboxylic acid groups (broad SMARTS) is 1. The Balaban J connectivity index is 0.000000239. The largest absolute Gasteiger partial charge is 0.480 e. The molecule has 0 radical (unpaired) electrons. The molecule has 3 aliphatic carbocycles. The maximum Gasteiger partial charge on any atom is 0.328 e. The average Bonchev–Trinajstić information content (AvgIpc) is 3.67. The summed E-state index contributed by atoms with van der Waals surface area (Å²) >= 11 is 5.36. The highest BCUT2D eigenvalue weighted by Gasteiger charge is 2.28. The number of nitrogens with two attached hydrogens (primary N) is 1. The van der Waals surface area contributed by atoms with Crippen molar-refractivity contribution in [2.75, 3.05) is 20.8 Å². The van der Waals surface area contributed by atoms with Crippen LogP contribution in [0, 0.1) is 17.8 Å². The van der Waals surface area contributed by atoms with Crippen LogP contribution in [0.15, 0.2) is 127 Å². The number of benzene rings is 6. The summed E-state index contributed by atoms with van der Waals surface area (Å²) in [6, 6.07) is 39.6. The highest BCUT2D eigenvalue weighted by molar-refractivity contribution is 6.67. The molecule has 3 atom stereocenters. The van der Waals surface area contributed by atoms with Crippen molar-refractivity contribution >= 4 is 91.3 Å². The molecule has 0 aromatic heterocycles. The standard InChI is InChI=1S/C21H25NO3.C20H23NO3.C11H7ClO.C10H19NO2.C8H19N.ClH/c1-25-21(24)19(13-15-7-3-2-4-8-15)22-20(23)18-12-11-16-9-5-6-10-17(16)14-18;22-19(17-11-10-15-8-4-5-9-16(15)13-17)21-18(20(23)24)12-14-6-2-1-3-7-14;12-11(13)10-6-5-8-3-1-2-4-9(8)7-10;1-13-10(12)9(11)7-8-5-3-2-4-6-8;1-6-9(7(2)3)8(4)5;/h5-6,9-12,14-15,19H,2-4,7-8,13H2,1H3,(H,22,23);4-5,8-11,13-14,18H,1-3,6-7,12H2,(H,21,22)(H,23,24);1-7H;8-9H,2-7,11H2,1H3;7-8H,6H2,1-5H3;1H/t19-;18-;;9-;;/m11.1../s1. The van der Waals surface area contributed by atoms with E-state index >= 15 is 0 Å². The normalized spacial score (nSPS) is 15.6. The summed E-state index contributed by atoms with van der Waals surface area (Å²) in [5.74, 6) is -0.602. The number of carboxylic acids is 1. The molecular formula is C70H94Cl2N4O9. The number of carbonyl (C=O) groups excluding carboxylic acids is 5. The molecule has 0 saturated heterocycles. The summed E-state index contributed by atoms with van der Waals surface area (Å²) in [4.78, 5) is 73.1. The van der Waals surface area contributed by atoms with Crippen molar-refractivity contribution in [2.45, 2.75) is 180 Å². The van der Waals surface area contributed by atoms with Crippen molar-refractivity contribution in [3.63, 3.8) is 0 Å². The maximum atomic E-state index is 12.6. The second-order valence-corrected chi connectivity index (χ2v) is 23.6. The van der Waals surface area contributed by atoms with Crippen molar-refractivity contribution < 1.29 is 43.3 Å². The van der Waals surface area contributed by atoms with Crippen LogP contribution in [0.25, 0.3) is 32.3 Å². The van der Waals surface area contributed by atoms with Crippen LogP contribution >= 0.6 is 24.0 Å². The third kappa shape index (κ3) is 24.1. The number of carbonyl (C=O) groups is 6. The van der Waals surface area contributed by atoms with E-state index < -0.39 is 29.3 Å². The van der Waals surface area contributed by atoms with Crippen molar-refractivity contribution in [3.05, 3.63) is 144 Å².